The van der Waals surface area contributed by atoms with E-state index in [0.717, 1.165) is 46.7 Å². The van der Waals surface area contributed by atoms with Gasteiger partial charge in [0, 0.05) is 11.9 Å². The largest absolute Gasteiger partial charge is 0.493 e. The molecule has 0 atom stereocenters. The minimum absolute atomic E-state index is 0.417. The van der Waals surface area contributed by atoms with Gasteiger partial charge in [-0.1, -0.05) is 66.2 Å². The number of fused-ring (bicyclic) bond motifs is 2. The molecule has 0 fully saturated rings. The second-order valence-electron chi connectivity index (χ2n) is 8.41. The average molecular weight is 437 g/mol. The van der Waals surface area contributed by atoms with E-state index in [0.29, 0.717) is 13.2 Å². The van der Waals surface area contributed by atoms with Crippen LogP contribution in [0.25, 0.3) is 21.8 Å². The zero-order valence-corrected chi connectivity index (χ0v) is 19.1. The number of ether oxygens (including phenoxy) is 2. The minimum atomic E-state index is 0.417. The summed E-state index contributed by atoms with van der Waals surface area (Å²) in [4.78, 5) is 4.87. The summed E-state index contributed by atoms with van der Waals surface area (Å²) < 4.78 is 14.6. The van der Waals surface area contributed by atoms with Crippen LogP contribution in [0.4, 0.5) is 0 Å². The summed E-state index contributed by atoms with van der Waals surface area (Å²) in [6.45, 7) is 6.08. The average Bonchev–Trinajstić information content (AvgIpc) is 3.19. The number of rotatable bonds is 8. The van der Waals surface area contributed by atoms with Crippen molar-refractivity contribution in [1.29, 1.82) is 0 Å². The molecular formula is C29H28N2O2. The number of nitrogens with zero attached hydrogens (tertiary/aromatic N) is 2. The smallest absolute Gasteiger partial charge is 0.148 e. The molecule has 4 nitrogen and oxygen atoms in total. The van der Waals surface area contributed by atoms with Gasteiger partial charge in [-0.15, -0.1) is 0 Å². The molecule has 4 aromatic carbocycles. The summed E-state index contributed by atoms with van der Waals surface area (Å²) in [7, 11) is 0. The zero-order valence-electron chi connectivity index (χ0n) is 19.1. The molecule has 0 aliphatic rings. The number of hydrogen-bond donors (Lipinski definition) is 0. The van der Waals surface area contributed by atoms with Gasteiger partial charge in [-0.2, -0.15) is 0 Å². The lowest BCUT2D eigenvalue weighted by atomic mass is 10.1. The Kier molecular flexibility index (Phi) is 5.99. The molecule has 1 aromatic heterocycles. The molecule has 0 saturated heterocycles. The molecule has 0 unspecified atom stereocenters. The van der Waals surface area contributed by atoms with E-state index in [4.69, 9.17) is 14.5 Å². The molecule has 5 rings (SSSR count). The predicted molar refractivity (Wildman–Crippen MR) is 134 cm³/mol. The topological polar surface area (TPSA) is 36.3 Å². The van der Waals surface area contributed by atoms with Crippen LogP contribution >= 0.6 is 0 Å². The van der Waals surface area contributed by atoms with Crippen LogP contribution < -0.4 is 9.47 Å². The number of imidazole rings is 1. The van der Waals surface area contributed by atoms with Crippen molar-refractivity contribution < 1.29 is 9.47 Å². The summed E-state index contributed by atoms with van der Waals surface area (Å²) in [5.74, 6) is 2.76. The molecule has 0 amide bonds. The van der Waals surface area contributed by atoms with Crippen molar-refractivity contribution in [1.82, 2.24) is 9.55 Å². The van der Waals surface area contributed by atoms with Crippen molar-refractivity contribution in [3.63, 3.8) is 0 Å². The molecule has 0 aliphatic carbocycles. The van der Waals surface area contributed by atoms with Crippen molar-refractivity contribution in [2.24, 2.45) is 0 Å². The van der Waals surface area contributed by atoms with Gasteiger partial charge in [-0.25, -0.2) is 4.98 Å². The lowest BCUT2D eigenvalue weighted by Crippen LogP contribution is -2.10. The Labute approximate surface area is 194 Å². The van der Waals surface area contributed by atoms with Crippen LogP contribution in [-0.4, -0.2) is 16.2 Å². The second-order valence-corrected chi connectivity index (χ2v) is 8.41. The molecule has 0 N–H and O–H groups in total. The van der Waals surface area contributed by atoms with Crippen LogP contribution in [0.3, 0.4) is 0 Å². The highest BCUT2D eigenvalue weighted by atomic mass is 16.5. The first kappa shape index (κ1) is 21.1. The molecule has 4 heteroatoms. The van der Waals surface area contributed by atoms with Crippen molar-refractivity contribution in [3.8, 4) is 11.5 Å². The van der Waals surface area contributed by atoms with Gasteiger partial charge >= 0.3 is 0 Å². The first-order chi connectivity index (χ1) is 16.2. The summed E-state index contributed by atoms with van der Waals surface area (Å²) in [5.41, 5.74) is 4.54. The number of aromatic nitrogens is 2. The molecule has 0 saturated carbocycles. The van der Waals surface area contributed by atoms with Crippen molar-refractivity contribution in [2.75, 3.05) is 6.61 Å². The lowest BCUT2D eigenvalue weighted by molar-refractivity contribution is 0.282. The van der Waals surface area contributed by atoms with Crippen molar-refractivity contribution in [2.45, 2.75) is 33.4 Å². The quantitative estimate of drug-likeness (QED) is 0.249. The number of para-hydroxylation sites is 2. The van der Waals surface area contributed by atoms with Crippen LogP contribution in [0.1, 0.15) is 23.4 Å². The first-order valence-corrected chi connectivity index (χ1v) is 11.4. The van der Waals surface area contributed by atoms with Gasteiger partial charge in [0.25, 0.3) is 0 Å². The van der Waals surface area contributed by atoms with E-state index in [-0.39, 0.29) is 0 Å². The monoisotopic (exact) mass is 436 g/mol. The standard InChI is InChI=1S/C29H28N2O2/c1-21-15-16-27(22(2)19-21)32-18-8-17-31-26-13-6-5-12-25(26)30-29(31)20-33-28-14-7-10-23-9-3-4-11-24(23)28/h3-7,9-16,19H,8,17-18,20H2,1-2H3. The zero-order chi connectivity index (χ0) is 22.6. The highest BCUT2D eigenvalue weighted by Crippen LogP contribution is 2.27. The number of hydrogen-bond acceptors (Lipinski definition) is 3. The normalized spacial score (nSPS) is 11.2. The Morgan fingerprint density at radius 2 is 1.61 bits per heavy atom. The van der Waals surface area contributed by atoms with E-state index in [1.807, 2.05) is 30.3 Å². The van der Waals surface area contributed by atoms with Gasteiger partial charge in [0.05, 0.1) is 17.6 Å². The fourth-order valence-corrected chi connectivity index (χ4v) is 4.32. The van der Waals surface area contributed by atoms with Crippen LogP contribution in [0.5, 0.6) is 11.5 Å². The van der Waals surface area contributed by atoms with Gasteiger partial charge in [-0.05, 0) is 55.5 Å². The molecule has 5 aromatic rings. The maximum absolute atomic E-state index is 6.26. The Balaban J connectivity index is 1.32. The van der Waals surface area contributed by atoms with E-state index in [2.05, 4.69) is 73.0 Å². The van der Waals surface area contributed by atoms with E-state index < -0.39 is 0 Å². The molecule has 0 bridgehead atoms. The molecule has 33 heavy (non-hydrogen) atoms. The SMILES string of the molecule is Cc1ccc(OCCCn2c(COc3cccc4ccccc34)nc3ccccc32)c(C)c1. The van der Waals surface area contributed by atoms with Gasteiger partial charge in [-0.3, -0.25) is 0 Å². The number of benzene rings is 4. The Hall–Kier alpha value is -3.79. The molecular weight excluding hydrogens is 408 g/mol. The Morgan fingerprint density at radius 3 is 2.52 bits per heavy atom. The predicted octanol–water partition coefficient (Wildman–Crippen LogP) is 6.85. The highest BCUT2D eigenvalue weighted by Gasteiger charge is 2.12. The maximum atomic E-state index is 6.26. The molecule has 0 aliphatic heterocycles. The summed E-state index contributed by atoms with van der Waals surface area (Å²) in [6, 6.07) is 29.0. The van der Waals surface area contributed by atoms with Crippen LogP contribution in [-0.2, 0) is 13.2 Å². The number of aryl methyl sites for hydroxylation is 3. The van der Waals surface area contributed by atoms with Crippen LogP contribution in [0, 0.1) is 13.8 Å². The van der Waals surface area contributed by atoms with Gasteiger partial charge < -0.3 is 14.0 Å². The Bertz CT molecular complexity index is 1400. The van der Waals surface area contributed by atoms with E-state index in [1.165, 1.54) is 16.5 Å². The van der Waals surface area contributed by atoms with Crippen LogP contribution in [0.2, 0.25) is 0 Å². The Morgan fingerprint density at radius 1 is 0.788 bits per heavy atom. The fraction of sp³-hybridized carbons (Fsp3) is 0.207. The summed E-state index contributed by atoms with van der Waals surface area (Å²) >= 11 is 0. The highest BCUT2D eigenvalue weighted by molar-refractivity contribution is 5.88. The van der Waals surface area contributed by atoms with Gasteiger partial charge in [0.2, 0.25) is 0 Å². The molecule has 0 radical (unpaired) electrons. The molecule has 1 heterocycles. The van der Waals surface area contributed by atoms with E-state index >= 15 is 0 Å². The fourth-order valence-electron chi connectivity index (χ4n) is 4.32. The second kappa shape index (κ2) is 9.37. The lowest BCUT2D eigenvalue weighted by Gasteiger charge is -2.13. The third-order valence-corrected chi connectivity index (χ3v) is 5.95. The third-order valence-electron chi connectivity index (χ3n) is 5.95. The van der Waals surface area contributed by atoms with E-state index in [1.54, 1.807) is 0 Å². The maximum Gasteiger partial charge on any atom is 0.148 e. The first-order valence-electron chi connectivity index (χ1n) is 11.4. The summed E-state index contributed by atoms with van der Waals surface area (Å²) in [6.07, 6.45) is 0.884. The van der Waals surface area contributed by atoms with Gasteiger partial charge in [0.1, 0.15) is 23.9 Å². The third kappa shape index (κ3) is 4.56. The van der Waals surface area contributed by atoms with Crippen molar-refractivity contribution in [3.05, 3.63) is 102 Å². The molecule has 166 valence electrons. The van der Waals surface area contributed by atoms with Crippen molar-refractivity contribution >= 4 is 21.8 Å². The molecule has 0 spiro atoms. The van der Waals surface area contributed by atoms with Gasteiger partial charge in [0.15, 0.2) is 0 Å². The summed E-state index contributed by atoms with van der Waals surface area (Å²) in [5, 5.41) is 2.29. The van der Waals surface area contributed by atoms with Crippen LogP contribution in [0.15, 0.2) is 84.9 Å². The van der Waals surface area contributed by atoms with E-state index in [9.17, 15) is 0 Å². The minimum Gasteiger partial charge on any atom is -0.493 e.